The molecule has 3 N–H and O–H groups in total. The number of imidazole rings is 1. The first-order valence-corrected chi connectivity index (χ1v) is 10.4. The van der Waals surface area contributed by atoms with Crippen LogP contribution in [0.15, 0.2) is 84.3 Å². The number of nitrogens with zero attached hydrogens (tertiary/aromatic N) is 4. The maximum atomic E-state index is 5.24. The molecule has 1 aromatic carbocycles. The number of rotatable bonds is 5. The van der Waals surface area contributed by atoms with E-state index in [0.29, 0.717) is 5.82 Å². The minimum atomic E-state index is 0.668. The number of H-pyrrole nitrogens is 2. The van der Waals surface area contributed by atoms with Crippen molar-refractivity contribution in [1.82, 2.24) is 30.1 Å². The van der Waals surface area contributed by atoms with Crippen molar-refractivity contribution in [3.05, 3.63) is 79.9 Å². The fraction of sp³-hybridized carbons (Fsp3) is 0.0400. The largest absolute Gasteiger partial charge is 0.472 e. The molecular weight excluding hydrogens is 414 g/mol. The number of pyridine rings is 2. The maximum absolute atomic E-state index is 5.24. The first-order chi connectivity index (χ1) is 16.2. The number of nitrogens with one attached hydrogen (secondary N) is 3. The fourth-order valence-corrected chi connectivity index (χ4v) is 3.96. The van der Waals surface area contributed by atoms with Crippen LogP contribution in [0, 0.1) is 0 Å². The molecule has 0 saturated carbocycles. The van der Waals surface area contributed by atoms with Gasteiger partial charge in [-0.3, -0.25) is 15.1 Å². The highest BCUT2D eigenvalue weighted by Gasteiger charge is 2.16. The highest BCUT2D eigenvalue weighted by Crippen LogP contribution is 2.33. The first kappa shape index (κ1) is 19.0. The molecule has 0 aliphatic rings. The monoisotopic (exact) mass is 433 g/mol. The van der Waals surface area contributed by atoms with E-state index in [2.05, 4.69) is 43.1 Å². The van der Waals surface area contributed by atoms with Gasteiger partial charge < -0.3 is 14.7 Å². The number of furan rings is 1. The minimum absolute atomic E-state index is 0.668. The van der Waals surface area contributed by atoms with E-state index in [1.807, 2.05) is 37.4 Å². The maximum Gasteiger partial charge on any atom is 0.159 e. The number of aromatic nitrogens is 6. The van der Waals surface area contributed by atoms with E-state index in [1.54, 1.807) is 31.1 Å². The van der Waals surface area contributed by atoms with E-state index in [0.717, 1.165) is 61.3 Å². The van der Waals surface area contributed by atoms with Gasteiger partial charge in [0.15, 0.2) is 5.82 Å². The molecule has 0 atom stereocenters. The zero-order chi connectivity index (χ0) is 22.4. The summed E-state index contributed by atoms with van der Waals surface area (Å²) in [6.07, 6.45) is 10.5. The lowest BCUT2D eigenvalue weighted by atomic mass is 10.0. The molecule has 160 valence electrons. The lowest BCUT2D eigenvalue weighted by molar-refractivity contribution is 0.568. The number of allylic oxidation sites excluding steroid dienone is 1. The Balaban J connectivity index is 1.46. The van der Waals surface area contributed by atoms with Crippen LogP contribution in [-0.4, -0.2) is 30.1 Å². The second-order valence-corrected chi connectivity index (χ2v) is 7.88. The van der Waals surface area contributed by atoms with Crippen LogP contribution in [0.1, 0.15) is 6.92 Å². The lowest BCUT2D eigenvalue weighted by Gasteiger charge is -2.07. The Morgan fingerprint density at radius 2 is 1.88 bits per heavy atom. The van der Waals surface area contributed by atoms with E-state index in [1.165, 1.54) is 0 Å². The predicted molar refractivity (Wildman–Crippen MR) is 128 cm³/mol. The van der Waals surface area contributed by atoms with Gasteiger partial charge >= 0.3 is 0 Å². The highest BCUT2D eigenvalue weighted by atomic mass is 16.3. The zero-order valence-corrected chi connectivity index (χ0v) is 17.8. The minimum Gasteiger partial charge on any atom is -0.472 e. The van der Waals surface area contributed by atoms with Crippen LogP contribution in [-0.2, 0) is 0 Å². The van der Waals surface area contributed by atoms with Crippen molar-refractivity contribution in [2.24, 2.45) is 0 Å². The molecule has 0 aliphatic carbocycles. The van der Waals surface area contributed by atoms with E-state index >= 15 is 0 Å². The van der Waals surface area contributed by atoms with Gasteiger partial charge in [-0.05, 0) is 36.8 Å². The van der Waals surface area contributed by atoms with Crippen LogP contribution < -0.4 is 5.32 Å². The Kier molecular flexibility index (Phi) is 4.29. The van der Waals surface area contributed by atoms with E-state index in [-0.39, 0.29) is 0 Å². The Bertz CT molecular complexity index is 1630. The van der Waals surface area contributed by atoms with Crippen LogP contribution in [0.5, 0.6) is 0 Å². The number of anilines is 1. The van der Waals surface area contributed by atoms with Crippen molar-refractivity contribution < 1.29 is 4.42 Å². The average Bonchev–Trinajstić information content (AvgIpc) is 3.57. The van der Waals surface area contributed by atoms with Gasteiger partial charge in [-0.1, -0.05) is 12.6 Å². The quantitative estimate of drug-likeness (QED) is 0.319. The van der Waals surface area contributed by atoms with E-state index in [4.69, 9.17) is 9.40 Å². The molecule has 0 amide bonds. The summed E-state index contributed by atoms with van der Waals surface area (Å²) in [5.74, 6) is 0.668. The Morgan fingerprint density at radius 1 is 0.970 bits per heavy atom. The summed E-state index contributed by atoms with van der Waals surface area (Å²) >= 11 is 0. The molecule has 8 nitrogen and oxygen atoms in total. The van der Waals surface area contributed by atoms with Crippen LogP contribution in [0.4, 0.5) is 5.69 Å². The average molecular weight is 433 g/mol. The Labute approximate surface area is 188 Å². The van der Waals surface area contributed by atoms with Gasteiger partial charge in [0.05, 0.1) is 41.6 Å². The first-order valence-electron chi connectivity index (χ1n) is 10.4. The smallest absolute Gasteiger partial charge is 0.159 e. The molecule has 33 heavy (non-hydrogen) atoms. The van der Waals surface area contributed by atoms with Crippen molar-refractivity contribution in [2.75, 3.05) is 5.32 Å². The van der Waals surface area contributed by atoms with Crippen LogP contribution in [0.25, 0.3) is 55.7 Å². The van der Waals surface area contributed by atoms with Gasteiger partial charge in [0.1, 0.15) is 11.2 Å². The molecule has 5 heterocycles. The van der Waals surface area contributed by atoms with Gasteiger partial charge in [0.25, 0.3) is 0 Å². The summed E-state index contributed by atoms with van der Waals surface area (Å²) < 4.78 is 5.24. The fourth-order valence-electron chi connectivity index (χ4n) is 3.96. The highest BCUT2D eigenvalue weighted by molar-refractivity contribution is 5.98. The lowest BCUT2D eigenvalue weighted by Crippen LogP contribution is -1.94. The topological polar surface area (TPSA) is 108 Å². The second kappa shape index (κ2) is 7.45. The van der Waals surface area contributed by atoms with Crippen LogP contribution in [0.3, 0.4) is 0 Å². The molecule has 5 aromatic heterocycles. The molecule has 0 aliphatic heterocycles. The number of aromatic amines is 2. The van der Waals surface area contributed by atoms with Gasteiger partial charge in [-0.2, -0.15) is 5.10 Å². The molecule has 0 fully saturated rings. The van der Waals surface area contributed by atoms with Crippen LogP contribution in [0.2, 0.25) is 0 Å². The number of hydrogen-bond acceptors (Lipinski definition) is 6. The molecule has 0 bridgehead atoms. The summed E-state index contributed by atoms with van der Waals surface area (Å²) in [5.41, 5.74) is 8.91. The third kappa shape index (κ3) is 3.34. The molecule has 8 heteroatoms. The summed E-state index contributed by atoms with van der Waals surface area (Å²) in [6.45, 7) is 5.81. The van der Waals surface area contributed by atoms with Crippen LogP contribution >= 0.6 is 0 Å². The number of benzene rings is 1. The third-order valence-corrected chi connectivity index (χ3v) is 5.44. The normalized spacial score (nSPS) is 11.3. The molecule has 0 unspecified atom stereocenters. The third-order valence-electron chi connectivity index (χ3n) is 5.44. The summed E-state index contributed by atoms with van der Waals surface area (Å²) in [6, 6.07) is 10.1. The van der Waals surface area contributed by atoms with Crippen molar-refractivity contribution in [1.29, 1.82) is 0 Å². The molecule has 0 saturated heterocycles. The predicted octanol–water partition coefficient (Wildman–Crippen LogP) is 5.77. The van der Waals surface area contributed by atoms with Gasteiger partial charge in [0.2, 0.25) is 0 Å². The molecular formula is C25H19N7O. The zero-order valence-electron chi connectivity index (χ0n) is 17.8. The van der Waals surface area contributed by atoms with Crippen molar-refractivity contribution in [3.8, 4) is 33.8 Å². The van der Waals surface area contributed by atoms with E-state index in [9.17, 15) is 0 Å². The standard InChI is InChI=1S/C25H19N7O/c1-14(2)28-18-7-17(9-26-10-18)15-3-4-21-19(8-15)24(32-31-21)25-29-22-12-27-11-20(23(22)30-25)16-5-6-33-13-16/h3-13,28H,1H2,2H3,(H,29,30)(H,31,32). The van der Waals surface area contributed by atoms with Crippen molar-refractivity contribution in [2.45, 2.75) is 6.92 Å². The molecule has 6 aromatic rings. The summed E-state index contributed by atoms with van der Waals surface area (Å²) in [5, 5.41) is 11.8. The molecule has 0 spiro atoms. The second-order valence-electron chi connectivity index (χ2n) is 7.88. The number of hydrogen-bond donors (Lipinski definition) is 3. The Hall–Kier alpha value is -4.72. The summed E-state index contributed by atoms with van der Waals surface area (Å²) in [4.78, 5) is 16.9. The molecule has 6 rings (SSSR count). The van der Waals surface area contributed by atoms with Crippen molar-refractivity contribution in [3.63, 3.8) is 0 Å². The molecule has 0 radical (unpaired) electrons. The van der Waals surface area contributed by atoms with E-state index < -0.39 is 0 Å². The van der Waals surface area contributed by atoms with Crippen molar-refractivity contribution >= 4 is 27.6 Å². The van der Waals surface area contributed by atoms with Gasteiger partial charge in [0, 0.05) is 40.2 Å². The Morgan fingerprint density at radius 3 is 2.73 bits per heavy atom. The summed E-state index contributed by atoms with van der Waals surface area (Å²) in [7, 11) is 0. The number of fused-ring (bicyclic) bond motifs is 2. The van der Waals surface area contributed by atoms with Gasteiger partial charge in [-0.25, -0.2) is 4.98 Å². The SMILES string of the molecule is C=C(C)Nc1cncc(-c2ccc3[nH]nc(-c4nc5c(-c6ccoc6)cncc5[nH]4)c3c2)c1. The van der Waals surface area contributed by atoms with Gasteiger partial charge in [-0.15, -0.1) is 0 Å².